The van der Waals surface area contributed by atoms with Gasteiger partial charge in [-0.15, -0.1) is 0 Å². The van der Waals surface area contributed by atoms with Crippen molar-refractivity contribution in [2.24, 2.45) is 5.10 Å². The molecule has 0 aliphatic heterocycles. The van der Waals surface area contributed by atoms with E-state index in [0.717, 1.165) is 27.9 Å². The van der Waals surface area contributed by atoms with Gasteiger partial charge in [-0.1, -0.05) is 18.2 Å². The van der Waals surface area contributed by atoms with Gasteiger partial charge in [-0.2, -0.15) is 5.10 Å². The number of benzene rings is 3. The number of amides is 3. The van der Waals surface area contributed by atoms with Crippen molar-refractivity contribution >= 4 is 35.3 Å². The van der Waals surface area contributed by atoms with Gasteiger partial charge < -0.3 is 15.4 Å². The van der Waals surface area contributed by atoms with Crippen molar-refractivity contribution in [1.29, 1.82) is 0 Å². The van der Waals surface area contributed by atoms with Crippen LogP contribution in [0.2, 0.25) is 0 Å². The first-order chi connectivity index (χ1) is 16.7. The minimum absolute atomic E-state index is 0.132. The van der Waals surface area contributed by atoms with E-state index < -0.39 is 11.8 Å². The first-order valence-corrected chi connectivity index (χ1v) is 11.0. The summed E-state index contributed by atoms with van der Waals surface area (Å²) in [5.41, 5.74) is 8.38. The van der Waals surface area contributed by atoms with E-state index in [2.05, 4.69) is 21.2 Å². The Bertz CT molecular complexity index is 1270. The molecule has 0 aliphatic carbocycles. The molecule has 3 aromatic carbocycles. The number of hydrazone groups is 1. The van der Waals surface area contributed by atoms with Gasteiger partial charge in [0.15, 0.2) is 6.61 Å². The average molecular weight is 473 g/mol. The van der Waals surface area contributed by atoms with E-state index in [4.69, 9.17) is 4.74 Å². The maximum Gasteiger partial charge on any atom is 0.329 e. The Labute approximate surface area is 204 Å². The van der Waals surface area contributed by atoms with Gasteiger partial charge in [0, 0.05) is 11.4 Å². The molecule has 0 fully saturated rings. The Morgan fingerprint density at radius 1 is 0.829 bits per heavy atom. The second-order valence-corrected chi connectivity index (χ2v) is 8.11. The summed E-state index contributed by atoms with van der Waals surface area (Å²) in [4.78, 5) is 36.2. The summed E-state index contributed by atoms with van der Waals surface area (Å²) in [5.74, 6) is -1.44. The maximum absolute atomic E-state index is 12.2. The zero-order valence-electron chi connectivity index (χ0n) is 20.1. The molecule has 0 aromatic heterocycles. The second-order valence-electron chi connectivity index (χ2n) is 8.11. The zero-order chi connectivity index (χ0) is 25.4. The molecule has 3 rings (SSSR count). The van der Waals surface area contributed by atoms with Crippen molar-refractivity contribution in [2.75, 3.05) is 17.2 Å². The SMILES string of the molecule is Cc1ccc(NC(=O)C(=O)N/N=C\c2ccc(OCC(=O)Nc3cccc(C)c3C)cc2)cc1C. The number of hydrogen-bond donors (Lipinski definition) is 3. The molecule has 0 spiro atoms. The number of nitrogens with one attached hydrogen (secondary N) is 3. The van der Waals surface area contributed by atoms with Gasteiger partial charge in [0.05, 0.1) is 6.21 Å². The normalized spacial score (nSPS) is 10.6. The summed E-state index contributed by atoms with van der Waals surface area (Å²) in [5, 5.41) is 9.19. The van der Waals surface area contributed by atoms with E-state index in [1.54, 1.807) is 36.4 Å². The van der Waals surface area contributed by atoms with Crippen molar-refractivity contribution in [3.05, 3.63) is 88.5 Å². The number of hydrogen-bond acceptors (Lipinski definition) is 5. The fourth-order valence-electron chi connectivity index (χ4n) is 3.10. The molecule has 0 saturated carbocycles. The van der Waals surface area contributed by atoms with E-state index in [1.165, 1.54) is 6.21 Å². The first-order valence-electron chi connectivity index (χ1n) is 11.0. The Morgan fingerprint density at radius 2 is 1.57 bits per heavy atom. The fraction of sp³-hybridized carbons (Fsp3) is 0.185. The van der Waals surface area contributed by atoms with Crippen molar-refractivity contribution in [1.82, 2.24) is 5.43 Å². The van der Waals surface area contributed by atoms with Gasteiger partial charge in [0.25, 0.3) is 5.91 Å². The molecule has 0 bridgehead atoms. The predicted molar refractivity (Wildman–Crippen MR) is 137 cm³/mol. The van der Waals surface area contributed by atoms with Crippen molar-refractivity contribution in [3.63, 3.8) is 0 Å². The number of carbonyl (C=O) groups is 3. The van der Waals surface area contributed by atoms with Crippen LogP contribution in [0.15, 0.2) is 65.8 Å². The van der Waals surface area contributed by atoms with Crippen molar-refractivity contribution in [3.8, 4) is 5.75 Å². The van der Waals surface area contributed by atoms with Crippen LogP contribution in [0.4, 0.5) is 11.4 Å². The van der Waals surface area contributed by atoms with Crippen LogP contribution in [-0.4, -0.2) is 30.5 Å². The van der Waals surface area contributed by atoms with Crippen molar-refractivity contribution < 1.29 is 19.1 Å². The van der Waals surface area contributed by atoms with E-state index in [9.17, 15) is 14.4 Å². The molecule has 3 aromatic rings. The first kappa shape index (κ1) is 25.2. The Balaban J connectivity index is 1.45. The molecule has 35 heavy (non-hydrogen) atoms. The lowest BCUT2D eigenvalue weighted by Crippen LogP contribution is -2.32. The molecule has 0 radical (unpaired) electrons. The van der Waals surface area contributed by atoms with Crippen LogP contribution in [0.25, 0.3) is 0 Å². The van der Waals surface area contributed by atoms with Gasteiger partial charge >= 0.3 is 11.8 Å². The van der Waals surface area contributed by atoms with E-state index in [-0.39, 0.29) is 12.5 Å². The largest absolute Gasteiger partial charge is 0.484 e. The topological polar surface area (TPSA) is 109 Å². The summed E-state index contributed by atoms with van der Waals surface area (Å²) in [6, 6.07) is 17.9. The molecule has 8 heteroatoms. The smallest absolute Gasteiger partial charge is 0.329 e. The monoisotopic (exact) mass is 472 g/mol. The highest BCUT2D eigenvalue weighted by Gasteiger charge is 2.13. The zero-order valence-corrected chi connectivity index (χ0v) is 20.1. The summed E-state index contributed by atoms with van der Waals surface area (Å²) >= 11 is 0. The highest BCUT2D eigenvalue weighted by molar-refractivity contribution is 6.39. The summed E-state index contributed by atoms with van der Waals surface area (Å²) in [7, 11) is 0. The standard InChI is InChI=1S/C27H28N4O4/c1-17-8-11-22(14-19(17)3)29-26(33)27(34)31-28-15-21-9-12-23(13-10-21)35-16-25(32)30-24-7-5-6-18(2)20(24)4/h5-15H,16H2,1-4H3,(H,29,33)(H,30,32)(H,31,34)/b28-15-. The molecule has 0 heterocycles. The quantitative estimate of drug-likeness (QED) is 0.274. The van der Waals surface area contributed by atoms with Crippen LogP contribution >= 0.6 is 0 Å². The molecule has 3 amide bonds. The van der Waals surface area contributed by atoms with E-state index >= 15 is 0 Å². The molecule has 0 atom stereocenters. The van der Waals surface area contributed by atoms with Crippen LogP contribution in [-0.2, 0) is 14.4 Å². The predicted octanol–water partition coefficient (Wildman–Crippen LogP) is 4.03. The number of anilines is 2. The molecule has 3 N–H and O–H groups in total. The fourth-order valence-corrected chi connectivity index (χ4v) is 3.10. The second kappa shape index (κ2) is 11.6. The molecule has 8 nitrogen and oxygen atoms in total. The van der Waals surface area contributed by atoms with E-state index in [0.29, 0.717) is 17.0 Å². The lowest BCUT2D eigenvalue weighted by Gasteiger charge is -2.11. The van der Waals surface area contributed by atoms with Gasteiger partial charge in [0.1, 0.15) is 5.75 Å². The number of nitrogens with zero attached hydrogens (tertiary/aromatic N) is 1. The third kappa shape index (κ3) is 7.26. The van der Waals surface area contributed by atoms with E-state index in [1.807, 2.05) is 52.0 Å². The van der Waals surface area contributed by atoms with Crippen LogP contribution < -0.4 is 20.8 Å². The van der Waals surface area contributed by atoms with Crippen LogP contribution in [0, 0.1) is 27.7 Å². The number of carbonyl (C=O) groups excluding carboxylic acids is 3. The highest BCUT2D eigenvalue weighted by Crippen LogP contribution is 2.18. The maximum atomic E-state index is 12.2. The molecule has 0 saturated heterocycles. The number of aryl methyl sites for hydroxylation is 3. The molecular formula is C27H28N4O4. The molecule has 0 unspecified atom stereocenters. The lowest BCUT2D eigenvalue weighted by molar-refractivity contribution is -0.136. The third-order valence-electron chi connectivity index (χ3n) is 5.48. The van der Waals surface area contributed by atoms with Crippen LogP contribution in [0.5, 0.6) is 5.75 Å². The summed E-state index contributed by atoms with van der Waals surface area (Å²) in [6.07, 6.45) is 1.40. The summed E-state index contributed by atoms with van der Waals surface area (Å²) < 4.78 is 5.53. The van der Waals surface area contributed by atoms with Gasteiger partial charge in [-0.25, -0.2) is 5.43 Å². The Hall–Kier alpha value is -4.46. The minimum Gasteiger partial charge on any atom is -0.484 e. The number of ether oxygens (including phenoxy) is 1. The van der Waals surface area contributed by atoms with Gasteiger partial charge in [-0.05, 0) is 98.0 Å². The molecule has 180 valence electrons. The average Bonchev–Trinajstić information content (AvgIpc) is 2.83. The van der Waals surface area contributed by atoms with Crippen molar-refractivity contribution in [2.45, 2.75) is 27.7 Å². The third-order valence-corrected chi connectivity index (χ3v) is 5.48. The summed E-state index contributed by atoms with van der Waals surface area (Å²) in [6.45, 7) is 7.69. The highest BCUT2D eigenvalue weighted by atomic mass is 16.5. The number of rotatable bonds is 7. The molecular weight excluding hydrogens is 444 g/mol. The van der Waals surface area contributed by atoms with Gasteiger partial charge in [-0.3, -0.25) is 14.4 Å². The van der Waals surface area contributed by atoms with Gasteiger partial charge in [0.2, 0.25) is 0 Å². The Morgan fingerprint density at radius 3 is 2.29 bits per heavy atom. The van der Waals surface area contributed by atoms with Crippen LogP contribution in [0.1, 0.15) is 27.8 Å². The Kier molecular flexibility index (Phi) is 8.34. The molecule has 0 aliphatic rings. The minimum atomic E-state index is -0.880. The lowest BCUT2D eigenvalue weighted by atomic mass is 10.1. The van der Waals surface area contributed by atoms with Crippen LogP contribution in [0.3, 0.4) is 0 Å².